The fourth-order valence-electron chi connectivity index (χ4n) is 2.92. The molecule has 4 rings (SSSR count). The van der Waals surface area contributed by atoms with E-state index in [0.29, 0.717) is 11.3 Å². The third-order valence-corrected chi connectivity index (χ3v) is 4.16. The fraction of sp³-hybridized carbons (Fsp3) is 0.0526. The van der Waals surface area contributed by atoms with Crippen LogP contribution in [0.3, 0.4) is 0 Å². The predicted molar refractivity (Wildman–Crippen MR) is 89.0 cm³/mol. The Kier molecular flexibility index (Phi) is 3.35. The van der Waals surface area contributed by atoms with Crippen molar-refractivity contribution in [3.8, 4) is 5.69 Å². The number of fused-ring (bicyclic) bond motifs is 3. The van der Waals surface area contributed by atoms with Crippen LogP contribution in [0.5, 0.6) is 0 Å². The minimum Gasteiger partial charge on any atom is -0.299 e. The Morgan fingerprint density at radius 1 is 0.960 bits per heavy atom. The van der Waals surface area contributed by atoms with Crippen molar-refractivity contribution in [1.82, 2.24) is 9.55 Å². The maximum Gasteiger partial charge on any atom is 0.416 e. The molecule has 1 aromatic heterocycles. The molecule has 0 aliphatic rings. The third kappa shape index (κ3) is 2.55. The summed E-state index contributed by atoms with van der Waals surface area (Å²) in [5.41, 5.74) is 2.00. The van der Waals surface area contributed by atoms with E-state index in [9.17, 15) is 18.0 Å². The van der Waals surface area contributed by atoms with E-state index in [0.717, 1.165) is 40.2 Å². The second-order valence-electron chi connectivity index (χ2n) is 5.69. The minimum atomic E-state index is -4.36. The molecule has 0 unspecified atom stereocenters. The number of benzene rings is 3. The van der Waals surface area contributed by atoms with Gasteiger partial charge < -0.3 is 0 Å². The largest absolute Gasteiger partial charge is 0.416 e. The molecule has 0 fully saturated rings. The van der Waals surface area contributed by atoms with Crippen molar-refractivity contribution in [2.75, 3.05) is 0 Å². The summed E-state index contributed by atoms with van der Waals surface area (Å²) in [4.78, 5) is 15.3. The average molecular weight is 340 g/mol. The van der Waals surface area contributed by atoms with Crippen LogP contribution in [0.1, 0.15) is 15.9 Å². The summed E-state index contributed by atoms with van der Waals surface area (Å²) in [6.07, 6.45) is -1.99. The van der Waals surface area contributed by atoms with Crippen molar-refractivity contribution in [2.24, 2.45) is 0 Å². The van der Waals surface area contributed by atoms with Crippen LogP contribution in [0.4, 0.5) is 13.2 Å². The van der Waals surface area contributed by atoms with Gasteiger partial charge in [-0.15, -0.1) is 0 Å². The van der Waals surface area contributed by atoms with Gasteiger partial charge in [-0.25, -0.2) is 4.98 Å². The Morgan fingerprint density at radius 2 is 1.72 bits per heavy atom. The number of aromatic nitrogens is 2. The molecule has 0 aliphatic heterocycles. The van der Waals surface area contributed by atoms with Crippen LogP contribution in [-0.2, 0) is 6.18 Å². The Morgan fingerprint density at radius 3 is 2.40 bits per heavy atom. The van der Waals surface area contributed by atoms with E-state index in [-0.39, 0.29) is 0 Å². The monoisotopic (exact) mass is 340 g/mol. The van der Waals surface area contributed by atoms with Gasteiger partial charge in [0.25, 0.3) is 0 Å². The van der Waals surface area contributed by atoms with Crippen LogP contribution in [0.25, 0.3) is 27.5 Å². The summed E-state index contributed by atoms with van der Waals surface area (Å²) >= 11 is 0. The van der Waals surface area contributed by atoms with Gasteiger partial charge in [-0.3, -0.25) is 9.36 Å². The van der Waals surface area contributed by atoms with Gasteiger partial charge >= 0.3 is 6.18 Å². The molecule has 6 heteroatoms. The number of hydrogen-bond acceptors (Lipinski definition) is 2. The molecule has 0 saturated heterocycles. The molecule has 4 aromatic rings. The number of hydrogen-bond donors (Lipinski definition) is 0. The van der Waals surface area contributed by atoms with Crippen molar-refractivity contribution >= 4 is 28.1 Å². The Bertz CT molecular complexity index is 1100. The minimum absolute atomic E-state index is 0.578. The van der Waals surface area contributed by atoms with E-state index in [2.05, 4.69) is 4.98 Å². The fourth-order valence-corrected chi connectivity index (χ4v) is 2.92. The average Bonchev–Trinajstić information content (AvgIpc) is 3.05. The first-order valence-corrected chi connectivity index (χ1v) is 7.50. The van der Waals surface area contributed by atoms with Gasteiger partial charge in [-0.1, -0.05) is 18.2 Å². The van der Waals surface area contributed by atoms with Crippen molar-refractivity contribution in [2.45, 2.75) is 6.18 Å². The van der Waals surface area contributed by atoms with Crippen LogP contribution in [0.15, 0.2) is 60.9 Å². The molecular weight excluding hydrogens is 329 g/mol. The van der Waals surface area contributed by atoms with E-state index in [1.807, 2.05) is 18.2 Å². The van der Waals surface area contributed by atoms with Crippen molar-refractivity contribution < 1.29 is 18.0 Å². The molecule has 0 bridgehead atoms. The molecule has 0 N–H and O–H groups in total. The highest BCUT2D eigenvalue weighted by Gasteiger charge is 2.30. The molecule has 0 spiro atoms. The van der Waals surface area contributed by atoms with Gasteiger partial charge in [-0.05, 0) is 41.8 Å². The van der Waals surface area contributed by atoms with Crippen LogP contribution in [0, 0.1) is 0 Å². The quantitative estimate of drug-likeness (QED) is 0.481. The second-order valence-corrected chi connectivity index (χ2v) is 5.69. The highest BCUT2D eigenvalue weighted by atomic mass is 19.4. The van der Waals surface area contributed by atoms with Crippen molar-refractivity contribution in [3.05, 3.63) is 72.1 Å². The smallest absolute Gasteiger partial charge is 0.299 e. The summed E-state index contributed by atoms with van der Waals surface area (Å²) in [6, 6.07) is 14.0. The lowest BCUT2D eigenvalue weighted by Crippen LogP contribution is -2.04. The van der Waals surface area contributed by atoms with Crippen LogP contribution < -0.4 is 0 Å². The van der Waals surface area contributed by atoms with Crippen molar-refractivity contribution in [3.63, 3.8) is 0 Å². The van der Waals surface area contributed by atoms with Gasteiger partial charge in [0, 0.05) is 16.6 Å². The maximum absolute atomic E-state index is 12.7. The SMILES string of the molecule is O=Cc1ccc2c(ccc3c2ncn3-c2ccc(C(F)(F)F)cc2)c1. The van der Waals surface area contributed by atoms with Gasteiger partial charge in [0.1, 0.15) is 12.6 Å². The number of carbonyl (C=O) groups excluding carboxylic acids is 1. The number of imidazole rings is 1. The lowest BCUT2D eigenvalue weighted by Gasteiger charge is -2.09. The first-order valence-electron chi connectivity index (χ1n) is 7.50. The number of nitrogens with zero attached hydrogens (tertiary/aromatic N) is 2. The Hall–Kier alpha value is -3.15. The lowest BCUT2D eigenvalue weighted by atomic mass is 10.1. The summed E-state index contributed by atoms with van der Waals surface area (Å²) in [5.74, 6) is 0. The third-order valence-electron chi connectivity index (χ3n) is 4.16. The highest BCUT2D eigenvalue weighted by molar-refractivity contribution is 6.05. The molecule has 0 saturated carbocycles. The van der Waals surface area contributed by atoms with Gasteiger partial charge in [0.15, 0.2) is 0 Å². The predicted octanol–water partition coefficient (Wildman–Crippen LogP) is 5.01. The molecule has 0 atom stereocenters. The Balaban J connectivity index is 1.86. The zero-order chi connectivity index (χ0) is 17.6. The summed E-state index contributed by atoms with van der Waals surface area (Å²) in [5, 5.41) is 1.77. The summed E-state index contributed by atoms with van der Waals surface area (Å²) in [6.45, 7) is 0. The molecule has 124 valence electrons. The second kappa shape index (κ2) is 5.44. The highest BCUT2D eigenvalue weighted by Crippen LogP contribution is 2.31. The van der Waals surface area contributed by atoms with Crippen LogP contribution in [-0.4, -0.2) is 15.8 Å². The molecule has 0 radical (unpaired) electrons. The molecule has 3 aromatic carbocycles. The van der Waals surface area contributed by atoms with Crippen molar-refractivity contribution in [1.29, 1.82) is 0 Å². The van der Waals surface area contributed by atoms with E-state index in [1.54, 1.807) is 23.0 Å². The standard InChI is InChI=1S/C19H11F3N2O/c20-19(21,22)14-3-5-15(6-4-14)24-11-23-18-16-7-1-12(10-25)9-13(16)2-8-17(18)24/h1-11H. The number of halogens is 3. The van der Waals surface area contributed by atoms with E-state index in [1.165, 1.54) is 12.1 Å². The number of carbonyl (C=O) groups is 1. The normalized spacial score (nSPS) is 12.0. The molecule has 1 heterocycles. The van der Waals surface area contributed by atoms with Gasteiger partial charge in [-0.2, -0.15) is 13.2 Å². The molecule has 0 amide bonds. The first-order chi connectivity index (χ1) is 12.0. The van der Waals surface area contributed by atoms with Crippen LogP contribution in [0.2, 0.25) is 0 Å². The zero-order valence-corrected chi connectivity index (χ0v) is 12.8. The van der Waals surface area contributed by atoms with E-state index >= 15 is 0 Å². The summed E-state index contributed by atoms with van der Waals surface area (Å²) in [7, 11) is 0. The maximum atomic E-state index is 12.7. The topological polar surface area (TPSA) is 34.9 Å². The number of rotatable bonds is 2. The van der Waals surface area contributed by atoms with Crippen LogP contribution >= 0.6 is 0 Å². The van der Waals surface area contributed by atoms with E-state index < -0.39 is 11.7 Å². The molecule has 25 heavy (non-hydrogen) atoms. The van der Waals surface area contributed by atoms with Gasteiger partial charge in [0.05, 0.1) is 16.6 Å². The lowest BCUT2D eigenvalue weighted by molar-refractivity contribution is -0.137. The van der Waals surface area contributed by atoms with Gasteiger partial charge in [0.2, 0.25) is 0 Å². The molecule has 0 aliphatic carbocycles. The number of aldehydes is 1. The molecule has 3 nitrogen and oxygen atoms in total. The Labute approximate surface area is 140 Å². The number of alkyl halides is 3. The molecular formula is C19H11F3N2O. The van der Waals surface area contributed by atoms with E-state index in [4.69, 9.17) is 0 Å². The zero-order valence-electron chi connectivity index (χ0n) is 12.8. The summed E-state index contributed by atoms with van der Waals surface area (Å²) < 4.78 is 39.9. The first kappa shape index (κ1) is 15.4.